The number of fused-ring (bicyclic) bond motifs is 1. The van der Waals surface area contributed by atoms with Gasteiger partial charge in [0.1, 0.15) is 11.6 Å². The number of anilines is 1. The summed E-state index contributed by atoms with van der Waals surface area (Å²) in [6, 6.07) is 20.1. The summed E-state index contributed by atoms with van der Waals surface area (Å²) in [6.07, 6.45) is -0.572. The van der Waals surface area contributed by atoms with Gasteiger partial charge in [-0.05, 0) is 55.8 Å². The van der Waals surface area contributed by atoms with Crippen molar-refractivity contribution in [2.24, 2.45) is 0 Å². The van der Waals surface area contributed by atoms with Crippen molar-refractivity contribution < 1.29 is 19.1 Å². The van der Waals surface area contributed by atoms with Crippen LogP contribution in [0.1, 0.15) is 29.3 Å². The summed E-state index contributed by atoms with van der Waals surface area (Å²) < 4.78 is 10.6. The van der Waals surface area contributed by atoms with Crippen LogP contribution in [0.5, 0.6) is 5.75 Å². The highest BCUT2D eigenvalue weighted by molar-refractivity contribution is 5.99. The molecule has 3 aromatic carbocycles. The first-order chi connectivity index (χ1) is 16.0. The van der Waals surface area contributed by atoms with Gasteiger partial charge in [0.15, 0.2) is 6.10 Å². The maximum atomic E-state index is 12.8. The predicted molar refractivity (Wildman–Crippen MR) is 127 cm³/mol. The van der Waals surface area contributed by atoms with Gasteiger partial charge in [0, 0.05) is 11.3 Å². The number of ether oxygens (including phenoxy) is 2. The lowest BCUT2D eigenvalue weighted by Gasteiger charge is -2.16. The molecule has 0 saturated carbocycles. The van der Waals surface area contributed by atoms with E-state index in [1.54, 1.807) is 56.5 Å². The molecule has 0 radical (unpaired) electrons. The first-order valence-electron chi connectivity index (χ1n) is 10.7. The van der Waals surface area contributed by atoms with E-state index < -0.39 is 12.1 Å². The molecule has 168 valence electrons. The molecule has 1 atom stereocenters. The Labute approximate surface area is 191 Å². The largest absolute Gasteiger partial charge is 0.497 e. The third kappa shape index (κ3) is 5.03. The number of methoxy groups -OCH3 is 1. The molecule has 0 aliphatic rings. The van der Waals surface area contributed by atoms with Gasteiger partial charge < -0.3 is 19.8 Å². The van der Waals surface area contributed by atoms with Gasteiger partial charge in [-0.1, -0.05) is 36.8 Å². The lowest BCUT2D eigenvalue weighted by Crippen LogP contribution is -2.32. The first kappa shape index (κ1) is 22.1. The summed E-state index contributed by atoms with van der Waals surface area (Å²) in [7, 11) is 1.57. The molecule has 1 heterocycles. The lowest BCUT2D eigenvalue weighted by atomic mass is 10.1. The van der Waals surface area contributed by atoms with Crippen molar-refractivity contribution in [3.8, 4) is 17.1 Å². The molecule has 0 spiro atoms. The van der Waals surface area contributed by atoms with E-state index in [0.717, 1.165) is 22.4 Å². The number of carbonyl (C=O) groups is 2. The van der Waals surface area contributed by atoms with Crippen LogP contribution in [0.25, 0.3) is 22.4 Å². The standard InChI is InChI=1S/C26H25N3O4/c1-4-23(25(30)27-19-10-12-20(32-3)13-11-19)33-26(31)18-9-14-21-22(15-18)29-24(28-21)17-7-5-16(2)6-8-17/h5-15,23H,4H2,1-3H3,(H,27,30)(H,28,29). The van der Waals surface area contributed by atoms with Crippen LogP contribution >= 0.6 is 0 Å². The van der Waals surface area contributed by atoms with Crippen LogP contribution in [0.3, 0.4) is 0 Å². The Bertz CT molecular complexity index is 1280. The first-order valence-corrected chi connectivity index (χ1v) is 10.7. The van der Waals surface area contributed by atoms with Gasteiger partial charge in [0.25, 0.3) is 5.91 Å². The number of H-pyrrole nitrogens is 1. The summed E-state index contributed by atoms with van der Waals surface area (Å²) >= 11 is 0. The van der Waals surface area contributed by atoms with E-state index in [1.807, 2.05) is 31.2 Å². The minimum atomic E-state index is -0.916. The van der Waals surface area contributed by atoms with Gasteiger partial charge in [-0.2, -0.15) is 0 Å². The average Bonchev–Trinajstić information content (AvgIpc) is 3.26. The molecule has 1 aromatic heterocycles. The van der Waals surface area contributed by atoms with Crippen LogP contribution in [0.4, 0.5) is 5.69 Å². The summed E-state index contributed by atoms with van der Waals surface area (Å²) in [5.41, 5.74) is 4.53. The number of nitrogens with one attached hydrogen (secondary N) is 2. The maximum absolute atomic E-state index is 12.8. The van der Waals surface area contributed by atoms with Crippen molar-refractivity contribution in [1.82, 2.24) is 9.97 Å². The molecule has 7 nitrogen and oxygen atoms in total. The molecular formula is C26H25N3O4. The number of hydrogen-bond donors (Lipinski definition) is 2. The smallest absolute Gasteiger partial charge is 0.338 e. The Kier molecular flexibility index (Phi) is 6.40. The molecule has 0 aliphatic heterocycles. The molecule has 0 bridgehead atoms. The van der Waals surface area contributed by atoms with Crippen molar-refractivity contribution in [3.63, 3.8) is 0 Å². The summed E-state index contributed by atoms with van der Waals surface area (Å²) in [4.78, 5) is 33.2. The third-order valence-electron chi connectivity index (χ3n) is 5.31. The normalized spacial score (nSPS) is 11.7. The fourth-order valence-corrected chi connectivity index (χ4v) is 3.40. The van der Waals surface area contributed by atoms with Crippen LogP contribution in [-0.4, -0.2) is 35.1 Å². The predicted octanol–water partition coefficient (Wildman–Crippen LogP) is 5.12. The molecule has 4 aromatic rings. The number of imidazole rings is 1. The molecular weight excluding hydrogens is 418 g/mol. The van der Waals surface area contributed by atoms with Gasteiger partial charge in [0.2, 0.25) is 0 Å². The Morgan fingerprint density at radius 3 is 2.42 bits per heavy atom. The number of nitrogens with zero attached hydrogens (tertiary/aromatic N) is 1. The fourth-order valence-electron chi connectivity index (χ4n) is 3.40. The number of aromatic nitrogens is 2. The van der Waals surface area contributed by atoms with Crippen LogP contribution in [-0.2, 0) is 9.53 Å². The van der Waals surface area contributed by atoms with Crippen LogP contribution in [0, 0.1) is 6.92 Å². The zero-order valence-corrected chi connectivity index (χ0v) is 18.7. The van der Waals surface area contributed by atoms with Gasteiger partial charge >= 0.3 is 5.97 Å². The Balaban J connectivity index is 1.47. The number of rotatable bonds is 7. The number of aryl methyl sites for hydroxylation is 1. The van der Waals surface area contributed by atoms with E-state index >= 15 is 0 Å². The van der Waals surface area contributed by atoms with Crippen molar-refractivity contribution in [2.75, 3.05) is 12.4 Å². The van der Waals surface area contributed by atoms with E-state index in [-0.39, 0.29) is 5.91 Å². The zero-order chi connectivity index (χ0) is 23.4. The highest BCUT2D eigenvalue weighted by Crippen LogP contribution is 2.22. The lowest BCUT2D eigenvalue weighted by molar-refractivity contribution is -0.124. The van der Waals surface area contributed by atoms with Gasteiger partial charge in [-0.15, -0.1) is 0 Å². The summed E-state index contributed by atoms with van der Waals surface area (Å²) in [6.45, 7) is 3.82. The van der Waals surface area contributed by atoms with E-state index in [9.17, 15) is 9.59 Å². The second-order valence-electron chi connectivity index (χ2n) is 7.70. The fraction of sp³-hybridized carbons (Fsp3) is 0.192. The Morgan fingerprint density at radius 1 is 1.03 bits per heavy atom. The summed E-state index contributed by atoms with van der Waals surface area (Å²) in [5, 5.41) is 2.77. The van der Waals surface area contributed by atoms with E-state index in [2.05, 4.69) is 15.3 Å². The van der Waals surface area contributed by atoms with Crippen molar-refractivity contribution >= 4 is 28.6 Å². The number of esters is 1. The molecule has 7 heteroatoms. The van der Waals surface area contributed by atoms with Crippen molar-refractivity contribution in [1.29, 1.82) is 0 Å². The topological polar surface area (TPSA) is 93.3 Å². The second-order valence-corrected chi connectivity index (χ2v) is 7.70. The molecule has 33 heavy (non-hydrogen) atoms. The van der Waals surface area contributed by atoms with E-state index in [4.69, 9.17) is 9.47 Å². The van der Waals surface area contributed by atoms with Gasteiger partial charge in [-0.3, -0.25) is 4.79 Å². The molecule has 1 amide bonds. The van der Waals surface area contributed by atoms with E-state index in [1.165, 1.54) is 5.56 Å². The quantitative estimate of drug-likeness (QED) is 0.387. The SMILES string of the molecule is CCC(OC(=O)c1ccc2nc(-c3ccc(C)cc3)[nH]c2c1)C(=O)Nc1ccc(OC)cc1. The minimum absolute atomic E-state index is 0.345. The molecule has 0 saturated heterocycles. The third-order valence-corrected chi connectivity index (χ3v) is 5.31. The maximum Gasteiger partial charge on any atom is 0.338 e. The van der Waals surface area contributed by atoms with E-state index in [0.29, 0.717) is 23.4 Å². The number of amides is 1. The Morgan fingerprint density at radius 2 is 1.76 bits per heavy atom. The number of benzene rings is 3. The highest BCUT2D eigenvalue weighted by atomic mass is 16.5. The van der Waals surface area contributed by atoms with Gasteiger partial charge in [0.05, 0.1) is 23.7 Å². The second kappa shape index (κ2) is 9.56. The molecule has 4 rings (SSSR count). The van der Waals surface area contributed by atoms with Gasteiger partial charge in [-0.25, -0.2) is 9.78 Å². The summed E-state index contributed by atoms with van der Waals surface area (Å²) in [5.74, 6) is 0.451. The number of carbonyl (C=O) groups excluding carboxylic acids is 2. The number of aromatic amines is 1. The minimum Gasteiger partial charge on any atom is -0.497 e. The Hall–Kier alpha value is -4.13. The van der Waals surface area contributed by atoms with Crippen LogP contribution in [0.2, 0.25) is 0 Å². The van der Waals surface area contributed by atoms with Crippen LogP contribution in [0.15, 0.2) is 66.7 Å². The molecule has 1 unspecified atom stereocenters. The van der Waals surface area contributed by atoms with Crippen molar-refractivity contribution in [2.45, 2.75) is 26.4 Å². The average molecular weight is 444 g/mol. The highest BCUT2D eigenvalue weighted by Gasteiger charge is 2.22. The monoisotopic (exact) mass is 443 g/mol. The zero-order valence-electron chi connectivity index (χ0n) is 18.7. The van der Waals surface area contributed by atoms with Crippen molar-refractivity contribution in [3.05, 3.63) is 77.9 Å². The molecule has 0 aliphatic carbocycles. The molecule has 2 N–H and O–H groups in total. The van der Waals surface area contributed by atoms with Crippen LogP contribution < -0.4 is 10.1 Å². The molecule has 0 fully saturated rings. The number of hydrogen-bond acceptors (Lipinski definition) is 5.